The minimum absolute atomic E-state index is 0.742. The van der Waals surface area contributed by atoms with Gasteiger partial charge in [-0.15, -0.1) is 0 Å². The minimum Gasteiger partial charge on any atom is -0.313 e. The largest absolute Gasteiger partial charge is 0.313 e. The van der Waals surface area contributed by atoms with Crippen molar-refractivity contribution >= 4 is 0 Å². The summed E-state index contributed by atoms with van der Waals surface area (Å²) in [5.41, 5.74) is 0. The molecule has 0 amide bonds. The van der Waals surface area contributed by atoms with Crippen molar-refractivity contribution in [1.29, 1.82) is 0 Å². The summed E-state index contributed by atoms with van der Waals surface area (Å²) in [6.45, 7) is 6.03. The van der Waals surface area contributed by atoms with Crippen LogP contribution in [0.1, 0.15) is 33.1 Å². The van der Waals surface area contributed by atoms with Crippen LogP contribution in [0.3, 0.4) is 0 Å². The third-order valence-corrected chi connectivity index (χ3v) is 4.66. The molecule has 2 heteroatoms. The molecule has 4 atom stereocenters. The highest BCUT2D eigenvalue weighted by Gasteiger charge is 2.49. The van der Waals surface area contributed by atoms with Gasteiger partial charge in [0, 0.05) is 18.1 Å². The number of fused-ring (bicyclic) bond motifs is 1. The van der Waals surface area contributed by atoms with Crippen molar-refractivity contribution in [2.24, 2.45) is 17.8 Å². The van der Waals surface area contributed by atoms with E-state index < -0.39 is 0 Å². The summed E-state index contributed by atoms with van der Waals surface area (Å²) < 4.78 is 0. The molecule has 4 rings (SSSR count). The zero-order valence-electron chi connectivity index (χ0n) is 9.29. The van der Waals surface area contributed by atoms with E-state index in [1.165, 1.54) is 25.8 Å². The fourth-order valence-electron chi connectivity index (χ4n) is 3.79. The lowest BCUT2D eigenvalue weighted by Gasteiger charge is -2.43. The molecular formula is C12H22N2. The third kappa shape index (κ3) is 1.31. The molecule has 0 spiro atoms. The van der Waals surface area contributed by atoms with Crippen LogP contribution in [0.5, 0.6) is 0 Å². The number of nitrogens with one attached hydrogen (secondary N) is 2. The van der Waals surface area contributed by atoms with Gasteiger partial charge in [-0.25, -0.2) is 0 Å². The van der Waals surface area contributed by atoms with E-state index in [4.69, 9.17) is 0 Å². The van der Waals surface area contributed by atoms with Crippen LogP contribution in [0.2, 0.25) is 0 Å². The lowest BCUT2D eigenvalue weighted by molar-refractivity contribution is 0.128. The highest BCUT2D eigenvalue weighted by Crippen LogP contribution is 2.42. The van der Waals surface area contributed by atoms with E-state index in [0.717, 1.165) is 35.9 Å². The van der Waals surface area contributed by atoms with Crippen molar-refractivity contribution in [2.45, 2.75) is 51.2 Å². The van der Waals surface area contributed by atoms with E-state index in [1.807, 2.05) is 0 Å². The predicted octanol–water partition coefficient (Wildman–Crippen LogP) is 1.37. The van der Waals surface area contributed by atoms with Gasteiger partial charge >= 0.3 is 0 Å². The predicted molar refractivity (Wildman–Crippen MR) is 58.2 cm³/mol. The first-order chi connectivity index (χ1) is 6.74. The maximum atomic E-state index is 3.81. The van der Waals surface area contributed by atoms with Crippen molar-refractivity contribution < 1.29 is 0 Å². The molecule has 0 aromatic heterocycles. The minimum atomic E-state index is 0.742. The van der Waals surface area contributed by atoms with E-state index in [0.29, 0.717) is 0 Å². The topological polar surface area (TPSA) is 24.1 Å². The standard InChI is InChI=1S/C12H22N2/c1-7-3-10(4-7)14-8(2)12-9-5-11(12)13-6-9/h7-14H,3-6H2,1-2H3. The van der Waals surface area contributed by atoms with Gasteiger partial charge in [0.25, 0.3) is 0 Å². The highest BCUT2D eigenvalue weighted by atomic mass is 15.1. The van der Waals surface area contributed by atoms with Gasteiger partial charge in [0.1, 0.15) is 0 Å². The van der Waals surface area contributed by atoms with Crippen molar-refractivity contribution in [3.05, 3.63) is 0 Å². The van der Waals surface area contributed by atoms with Crippen LogP contribution in [0.15, 0.2) is 0 Å². The second-order valence-corrected chi connectivity index (χ2v) is 5.82. The van der Waals surface area contributed by atoms with Crippen LogP contribution in [0.25, 0.3) is 0 Å². The monoisotopic (exact) mass is 194 g/mol. The highest BCUT2D eigenvalue weighted by molar-refractivity contribution is 5.06. The Labute approximate surface area is 86.8 Å². The first-order valence-corrected chi connectivity index (χ1v) is 6.23. The summed E-state index contributed by atoms with van der Waals surface area (Å²) in [7, 11) is 0. The van der Waals surface area contributed by atoms with Crippen molar-refractivity contribution in [1.82, 2.24) is 10.6 Å². The number of rotatable bonds is 3. The molecule has 4 fully saturated rings. The normalized spacial score (nSPS) is 52.3. The Balaban J connectivity index is 1.49. The summed E-state index contributed by atoms with van der Waals surface area (Å²) >= 11 is 0. The van der Waals surface area contributed by atoms with E-state index in [-0.39, 0.29) is 0 Å². The maximum Gasteiger partial charge on any atom is 0.0117 e. The van der Waals surface area contributed by atoms with Crippen molar-refractivity contribution in [3.63, 3.8) is 0 Å². The second-order valence-electron chi connectivity index (χ2n) is 5.82. The fourth-order valence-corrected chi connectivity index (χ4v) is 3.79. The Morgan fingerprint density at radius 1 is 1.29 bits per heavy atom. The van der Waals surface area contributed by atoms with Gasteiger partial charge in [0.05, 0.1) is 0 Å². The molecule has 14 heavy (non-hydrogen) atoms. The first kappa shape index (κ1) is 9.17. The van der Waals surface area contributed by atoms with E-state index >= 15 is 0 Å². The summed E-state index contributed by atoms with van der Waals surface area (Å²) in [6.07, 6.45) is 4.25. The summed E-state index contributed by atoms with van der Waals surface area (Å²) in [5.74, 6) is 2.89. The van der Waals surface area contributed by atoms with Gasteiger partial charge in [0.15, 0.2) is 0 Å². The molecule has 2 bridgehead atoms. The van der Waals surface area contributed by atoms with Crippen LogP contribution in [0.4, 0.5) is 0 Å². The summed E-state index contributed by atoms with van der Waals surface area (Å²) in [4.78, 5) is 0. The molecule has 2 N–H and O–H groups in total. The quantitative estimate of drug-likeness (QED) is 0.709. The molecule has 4 unspecified atom stereocenters. The van der Waals surface area contributed by atoms with Gasteiger partial charge in [-0.05, 0) is 50.5 Å². The molecule has 2 aliphatic carbocycles. The molecule has 80 valence electrons. The van der Waals surface area contributed by atoms with Gasteiger partial charge in [0.2, 0.25) is 0 Å². The SMILES string of the molecule is CC1CC(NC(C)C2C3CNC2C3)C1. The average molecular weight is 194 g/mol. The zero-order valence-corrected chi connectivity index (χ0v) is 9.29. The maximum absolute atomic E-state index is 3.81. The molecule has 0 aromatic rings. The van der Waals surface area contributed by atoms with E-state index in [1.54, 1.807) is 0 Å². The lowest BCUT2D eigenvalue weighted by Crippen LogP contribution is -2.54. The molecule has 2 heterocycles. The Morgan fingerprint density at radius 2 is 2.07 bits per heavy atom. The molecule has 2 saturated carbocycles. The lowest BCUT2D eigenvalue weighted by atomic mass is 9.69. The van der Waals surface area contributed by atoms with Crippen molar-refractivity contribution in [2.75, 3.05) is 6.54 Å². The smallest absolute Gasteiger partial charge is 0.0117 e. The molecule has 2 aliphatic heterocycles. The van der Waals surface area contributed by atoms with E-state index in [2.05, 4.69) is 24.5 Å². The molecule has 0 radical (unpaired) electrons. The first-order valence-electron chi connectivity index (χ1n) is 6.23. The number of hydrogen-bond acceptors (Lipinski definition) is 2. The number of hydrogen-bond donors (Lipinski definition) is 2. The Morgan fingerprint density at radius 3 is 2.57 bits per heavy atom. The second kappa shape index (κ2) is 3.21. The van der Waals surface area contributed by atoms with Gasteiger partial charge in [-0.3, -0.25) is 0 Å². The summed E-state index contributed by atoms with van der Waals surface area (Å²) in [5, 5.41) is 7.41. The van der Waals surface area contributed by atoms with Crippen LogP contribution < -0.4 is 10.6 Å². The van der Waals surface area contributed by atoms with Gasteiger partial charge in [-0.2, -0.15) is 0 Å². The zero-order chi connectivity index (χ0) is 9.71. The Bertz CT molecular complexity index is 208. The van der Waals surface area contributed by atoms with Gasteiger partial charge < -0.3 is 10.6 Å². The fraction of sp³-hybridized carbons (Fsp3) is 1.00. The van der Waals surface area contributed by atoms with Crippen LogP contribution in [-0.4, -0.2) is 24.7 Å². The third-order valence-electron chi connectivity index (χ3n) is 4.66. The molecular weight excluding hydrogens is 172 g/mol. The molecule has 2 saturated heterocycles. The molecule has 4 aliphatic rings. The molecule has 2 nitrogen and oxygen atoms in total. The molecule has 0 aromatic carbocycles. The van der Waals surface area contributed by atoms with Crippen molar-refractivity contribution in [3.8, 4) is 0 Å². The van der Waals surface area contributed by atoms with E-state index in [9.17, 15) is 0 Å². The average Bonchev–Trinajstić information content (AvgIpc) is 2.60. The van der Waals surface area contributed by atoms with Crippen LogP contribution in [0, 0.1) is 17.8 Å². The Hall–Kier alpha value is -0.0800. The summed E-state index contributed by atoms with van der Waals surface area (Å²) in [6, 6.07) is 2.42. The van der Waals surface area contributed by atoms with Gasteiger partial charge in [-0.1, -0.05) is 6.92 Å². The van der Waals surface area contributed by atoms with Crippen LogP contribution >= 0.6 is 0 Å². The Kier molecular flexibility index (Phi) is 2.10. The van der Waals surface area contributed by atoms with Crippen LogP contribution in [-0.2, 0) is 0 Å².